The second kappa shape index (κ2) is 5.99. The summed E-state index contributed by atoms with van der Waals surface area (Å²) in [5, 5.41) is 7.18. The molecular formula is C14H17ClFN5. The molecule has 0 amide bonds. The monoisotopic (exact) mass is 309 g/mol. The number of benzene rings is 1. The molecule has 0 spiro atoms. The van der Waals surface area contributed by atoms with Crippen LogP contribution in [0.25, 0.3) is 11.4 Å². The Morgan fingerprint density at radius 2 is 2.33 bits per heavy atom. The van der Waals surface area contributed by atoms with Gasteiger partial charge in [-0.3, -0.25) is 5.10 Å². The third-order valence-corrected chi connectivity index (χ3v) is 4.11. The fourth-order valence-corrected chi connectivity index (χ4v) is 2.72. The summed E-state index contributed by atoms with van der Waals surface area (Å²) < 4.78 is 13.5. The number of hydrogen-bond acceptors (Lipinski definition) is 4. The maximum Gasteiger partial charge on any atom is 0.245 e. The normalized spacial score (nSPS) is 19.0. The van der Waals surface area contributed by atoms with Crippen LogP contribution in [0.5, 0.6) is 0 Å². The van der Waals surface area contributed by atoms with Gasteiger partial charge in [-0.15, -0.1) is 5.10 Å². The Labute approximate surface area is 127 Å². The molecule has 0 radical (unpaired) electrons. The van der Waals surface area contributed by atoms with E-state index in [0.29, 0.717) is 29.8 Å². The molecule has 1 saturated heterocycles. The van der Waals surface area contributed by atoms with E-state index in [4.69, 9.17) is 17.3 Å². The second-order valence-electron chi connectivity index (χ2n) is 5.30. The molecule has 7 heteroatoms. The number of nitrogens with one attached hydrogen (secondary N) is 1. The second-order valence-corrected chi connectivity index (χ2v) is 5.71. The van der Waals surface area contributed by atoms with E-state index in [0.717, 1.165) is 25.9 Å². The van der Waals surface area contributed by atoms with E-state index in [1.807, 2.05) is 0 Å². The van der Waals surface area contributed by atoms with Gasteiger partial charge in [0.15, 0.2) is 5.82 Å². The number of H-pyrrole nitrogens is 1. The van der Waals surface area contributed by atoms with Crippen molar-refractivity contribution < 1.29 is 4.39 Å². The molecule has 1 aliphatic rings. The molecule has 3 rings (SSSR count). The molecule has 5 nitrogen and oxygen atoms in total. The SMILES string of the molecule is NCC1CCCN(c2n[nH]c(-c3ccc(Cl)c(F)c3)n2)C1. The van der Waals surface area contributed by atoms with Crippen molar-refractivity contribution in [2.45, 2.75) is 12.8 Å². The summed E-state index contributed by atoms with van der Waals surface area (Å²) in [5.74, 6) is 1.19. The highest BCUT2D eigenvalue weighted by Crippen LogP contribution is 2.24. The molecule has 0 saturated carbocycles. The topological polar surface area (TPSA) is 70.8 Å². The van der Waals surface area contributed by atoms with Gasteiger partial charge >= 0.3 is 0 Å². The quantitative estimate of drug-likeness (QED) is 0.913. The van der Waals surface area contributed by atoms with Crippen LogP contribution in [0.4, 0.5) is 10.3 Å². The minimum Gasteiger partial charge on any atom is -0.339 e. The Hall–Kier alpha value is -1.66. The van der Waals surface area contributed by atoms with E-state index >= 15 is 0 Å². The van der Waals surface area contributed by atoms with Gasteiger partial charge in [0.2, 0.25) is 5.95 Å². The first-order valence-corrected chi connectivity index (χ1v) is 7.38. The van der Waals surface area contributed by atoms with Gasteiger partial charge in [0.05, 0.1) is 5.02 Å². The Morgan fingerprint density at radius 1 is 1.48 bits per heavy atom. The molecule has 1 aromatic heterocycles. The predicted molar refractivity (Wildman–Crippen MR) is 80.8 cm³/mol. The number of hydrogen-bond donors (Lipinski definition) is 2. The van der Waals surface area contributed by atoms with Crippen LogP contribution in [0.15, 0.2) is 18.2 Å². The summed E-state index contributed by atoms with van der Waals surface area (Å²) in [7, 11) is 0. The summed E-state index contributed by atoms with van der Waals surface area (Å²) in [4.78, 5) is 6.57. The molecule has 0 bridgehead atoms. The largest absolute Gasteiger partial charge is 0.339 e. The van der Waals surface area contributed by atoms with E-state index in [-0.39, 0.29) is 5.02 Å². The van der Waals surface area contributed by atoms with Gasteiger partial charge in [0.1, 0.15) is 5.82 Å². The van der Waals surface area contributed by atoms with Gasteiger partial charge in [-0.1, -0.05) is 11.6 Å². The zero-order valence-electron chi connectivity index (χ0n) is 11.5. The number of aromatic amines is 1. The molecule has 21 heavy (non-hydrogen) atoms. The highest BCUT2D eigenvalue weighted by molar-refractivity contribution is 6.30. The third kappa shape index (κ3) is 3.01. The van der Waals surface area contributed by atoms with Crippen LogP contribution >= 0.6 is 11.6 Å². The Kier molecular flexibility index (Phi) is 4.07. The van der Waals surface area contributed by atoms with Crippen molar-refractivity contribution in [1.29, 1.82) is 0 Å². The van der Waals surface area contributed by atoms with Crippen LogP contribution in [0.2, 0.25) is 5.02 Å². The Balaban J connectivity index is 1.81. The lowest BCUT2D eigenvalue weighted by molar-refractivity contribution is 0.420. The summed E-state index contributed by atoms with van der Waals surface area (Å²) in [6, 6.07) is 4.58. The number of anilines is 1. The standard InChI is InChI=1S/C14H17ClFN5/c15-11-4-3-10(6-12(11)16)13-18-14(20-19-13)21-5-1-2-9(7-17)8-21/h3-4,6,9H,1-2,5,7-8,17H2,(H,18,19,20). The molecule has 1 aliphatic heterocycles. The summed E-state index contributed by atoms with van der Waals surface area (Å²) in [5.41, 5.74) is 6.37. The third-order valence-electron chi connectivity index (χ3n) is 3.80. The molecule has 1 atom stereocenters. The number of aromatic nitrogens is 3. The molecule has 1 unspecified atom stereocenters. The van der Waals surface area contributed by atoms with Crippen LogP contribution in [-0.4, -0.2) is 34.8 Å². The summed E-state index contributed by atoms with van der Waals surface area (Å²) >= 11 is 5.69. The van der Waals surface area contributed by atoms with E-state index in [2.05, 4.69) is 20.1 Å². The summed E-state index contributed by atoms with van der Waals surface area (Å²) in [6.07, 6.45) is 2.23. The van der Waals surface area contributed by atoms with Crippen molar-refractivity contribution in [3.8, 4) is 11.4 Å². The van der Waals surface area contributed by atoms with Crippen LogP contribution in [-0.2, 0) is 0 Å². The smallest absolute Gasteiger partial charge is 0.245 e. The van der Waals surface area contributed by atoms with Gasteiger partial charge in [0, 0.05) is 18.7 Å². The summed E-state index contributed by atoms with van der Waals surface area (Å²) in [6.45, 7) is 2.46. The molecule has 1 fully saturated rings. The molecular weight excluding hydrogens is 293 g/mol. The average molecular weight is 310 g/mol. The lowest BCUT2D eigenvalue weighted by Crippen LogP contribution is -2.38. The molecule has 2 aromatic rings. The number of nitrogens with zero attached hydrogens (tertiary/aromatic N) is 3. The van der Waals surface area contributed by atoms with Crippen LogP contribution < -0.4 is 10.6 Å². The van der Waals surface area contributed by atoms with E-state index in [9.17, 15) is 4.39 Å². The molecule has 3 N–H and O–H groups in total. The highest BCUT2D eigenvalue weighted by atomic mass is 35.5. The number of piperidine rings is 1. The Morgan fingerprint density at radius 3 is 3.10 bits per heavy atom. The lowest BCUT2D eigenvalue weighted by atomic mass is 9.99. The van der Waals surface area contributed by atoms with Crippen molar-refractivity contribution in [2.75, 3.05) is 24.5 Å². The van der Waals surface area contributed by atoms with E-state index in [1.54, 1.807) is 6.07 Å². The maximum atomic E-state index is 13.5. The van der Waals surface area contributed by atoms with E-state index < -0.39 is 5.82 Å². The van der Waals surface area contributed by atoms with Crippen molar-refractivity contribution in [3.05, 3.63) is 29.0 Å². The van der Waals surface area contributed by atoms with Gasteiger partial charge in [0.25, 0.3) is 0 Å². The van der Waals surface area contributed by atoms with Gasteiger partial charge in [-0.05, 0) is 43.5 Å². The first-order valence-electron chi connectivity index (χ1n) is 7.00. The maximum absolute atomic E-state index is 13.5. The lowest BCUT2D eigenvalue weighted by Gasteiger charge is -2.31. The zero-order valence-corrected chi connectivity index (χ0v) is 12.3. The Bertz CT molecular complexity index is 630. The minimum absolute atomic E-state index is 0.0975. The van der Waals surface area contributed by atoms with Gasteiger partial charge in [-0.25, -0.2) is 4.39 Å². The zero-order chi connectivity index (χ0) is 14.8. The van der Waals surface area contributed by atoms with Crippen LogP contribution in [0.1, 0.15) is 12.8 Å². The number of rotatable bonds is 3. The molecule has 0 aliphatic carbocycles. The first-order chi connectivity index (χ1) is 10.2. The van der Waals surface area contributed by atoms with Crippen molar-refractivity contribution in [1.82, 2.24) is 15.2 Å². The average Bonchev–Trinajstić information content (AvgIpc) is 3.00. The van der Waals surface area contributed by atoms with Crippen molar-refractivity contribution in [3.63, 3.8) is 0 Å². The van der Waals surface area contributed by atoms with Crippen LogP contribution in [0, 0.1) is 11.7 Å². The fourth-order valence-electron chi connectivity index (χ4n) is 2.61. The fraction of sp³-hybridized carbons (Fsp3) is 0.429. The number of halogens is 2. The highest BCUT2D eigenvalue weighted by Gasteiger charge is 2.22. The van der Waals surface area contributed by atoms with Crippen molar-refractivity contribution in [2.24, 2.45) is 11.7 Å². The van der Waals surface area contributed by atoms with Crippen LogP contribution in [0.3, 0.4) is 0 Å². The number of nitrogens with two attached hydrogens (primary N) is 1. The molecule has 1 aromatic carbocycles. The first kappa shape index (κ1) is 14.3. The minimum atomic E-state index is -0.465. The van der Waals surface area contributed by atoms with Gasteiger partial charge < -0.3 is 10.6 Å². The molecule has 112 valence electrons. The predicted octanol–water partition coefficient (Wildman–Crippen LogP) is 2.44. The van der Waals surface area contributed by atoms with Gasteiger partial charge in [-0.2, -0.15) is 4.98 Å². The van der Waals surface area contributed by atoms with E-state index in [1.165, 1.54) is 12.1 Å². The molecule has 2 heterocycles. The van der Waals surface area contributed by atoms with Crippen molar-refractivity contribution >= 4 is 17.5 Å².